The van der Waals surface area contributed by atoms with Crippen LogP contribution in [0.2, 0.25) is 0 Å². The van der Waals surface area contributed by atoms with Crippen LogP contribution in [0, 0.1) is 0 Å². The molecular formula is C10H14N2O3. The molecule has 1 aromatic rings. The van der Waals surface area contributed by atoms with Gasteiger partial charge in [0.15, 0.2) is 0 Å². The fraction of sp³-hybridized carbons (Fsp3) is 0.400. The molecule has 0 saturated heterocycles. The Morgan fingerprint density at radius 3 is 2.93 bits per heavy atom. The van der Waals surface area contributed by atoms with Crippen molar-refractivity contribution in [1.29, 1.82) is 0 Å². The molecule has 82 valence electrons. The van der Waals surface area contributed by atoms with Crippen molar-refractivity contribution in [3.05, 3.63) is 24.0 Å². The number of pyridine rings is 1. The molecule has 1 heterocycles. The van der Waals surface area contributed by atoms with Crippen molar-refractivity contribution in [2.45, 2.75) is 12.5 Å². The predicted molar refractivity (Wildman–Crippen MR) is 55.0 cm³/mol. The number of carboxylic acids is 1. The van der Waals surface area contributed by atoms with Crippen LogP contribution in [0.25, 0.3) is 0 Å². The number of nitrogens with one attached hydrogen (secondary N) is 1. The molecule has 0 aliphatic carbocycles. The largest absolute Gasteiger partial charge is 0.495 e. The molecule has 0 aliphatic rings. The summed E-state index contributed by atoms with van der Waals surface area (Å²) in [6, 6.07) is 1.18. The Labute approximate surface area is 88.1 Å². The normalized spacial score (nSPS) is 12.1. The standard InChI is InChI=1S/C10H14N2O3/c1-11-9(10(13)14)4-7-3-8(15-2)6-12-5-7/h3,5-6,9,11H,4H2,1-2H3,(H,13,14). The third kappa shape index (κ3) is 3.21. The molecule has 15 heavy (non-hydrogen) atoms. The first-order chi connectivity index (χ1) is 7.17. The molecule has 1 unspecified atom stereocenters. The zero-order valence-electron chi connectivity index (χ0n) is 8.73. The van der Waals surface area contributed by atoms with Crippen LogP contribution in [0.3, 0.4) is 0 Å². The third-order valence-electron chi connectivity index (χ3n) is 2.09. The lowest BCUT2D eigenvalue weighted by atomic mass is 10.1. The molecule has 5 nitrogen and oxygen atoms in total. The fourth-order valence-corrected chi connectivity index (χ4v) is 1.24. The molecule has 5 heteroatoms. The second kappa shape index (κ2) is 5.31. The Bertz CT molecular complexity index is 341. The van der Waals surface area contributed by atoms with Gasteiger partial charge in [-0.1, -0.05) is 0 Å². The van der Waals surface area contributed by atoms with E-state index >= 15 is 0 Å². The lowest BCUT2D eigenvalue weighted by molar-refractivity contribution is -0.139. The number of nitrogens with zero attached hydrogens (tertiary/aromatic N) is 1. The number of ether oxygens (including phenoxy) is 1. The third-order valence-corrected chi connectivity index (χ3v) is 2.09. The summed E-state index contributed by atoms with van der Waals surface area (Å²) in [6.07, 6.45) is 3.60. The minimum absolute atomic E-state index is 0.385. The summed E-state index contributed by atoms with van der Waals surface area (Å²) in [5.41, 5.74) is 0.830. The van der Waals surface area contributed by atoms with Gasteiger partial charge in [0, 0.05) is 12.6 Å². The number of carboxylic acid groups (broad SMARTS) is 1. The van der Waals surface area contributed by atoms with Gasteiger partial charge in [0.2, 0.25) is 0 Å². The molecule has 0 aromatic carbocycles. The van der Waals surface area contributed by atoms with Crippen molar-refractivity contribution in [2.24, 2.45) is 0 Å². The molecule has 2 N–H and O–H groups in total. The van der Waals surface area contributed by atoms with Gasteiger partial charge in [0.25, 0.3) is 0 Å². The van der Waals surface area contributed by atoms with E-state index in [-0.39, 0.29) is 0 Å². The van der Waals surface area contributed by atoms with E-state index in [1.165, 1.54) is 0 Å². The molecule has 0 saturated carbocycles. The highest BCUT2D eigenvalue weighted by Gasteiger charge is 2.15. The molecule has 0 radical (unpaired) electrons. The molecule has 1 aromatic heterocycles. The maximum Gasteiger partial charge on any atom is 0.321 e. The average molecular weight is 210 g/mol. The lowest BCUT2D eigenvalue weighted by Gasteiger charge is -2.11. The van der Waals surface area contributed by atoms with Gasteiger partial charge in [-0.3, -0.25) is 9.78 Å². The Morgan fingerprint density at radius 1 is 1.67 bits per heavy atom. The monoisotopic (exact) mass is 210 g/mol. The highest BCUT2D eigenvalue weighted by molar-refractivity contribution is 5.73. The SMILES string of the molecule is CNC(Cc1cncc(OC)c1)C(=O)O. The highest BCUT2D eigenvalue weighted by Crippen LogP contribution is 2.11. The van der Waals surface area contributed by atoms with Gasteiger partial charge >= 0.3 is 5.97 Å². The van der Waals surface area contributed by atoms with Crippen LogP contribution in [0.4, 0.5) is 0 Å². The number of aromatic nitrogens is 1. The molecule has 0 spiro atoms. The Kier molecular flexibility index (Phi) is 4.05. The van der Waals surface area contributed by atoms with Gasteiger partial charge in [-0.2, -0.15) is 0 Å². The Balaban J connectivity index is 2.74. The summed E-state index contributed by atoms with van der Waals surface area (Å²) in [4.78, 5) is 14.7. The van der Waals surface area contributed by atoms with Crippen LogP contribution in [-0.2, 0) is 11.2 Å². The van der Waals surface area contributed by atoms with Gasteiger partial charge in [-0.15, -0.1) is 0 Å². The topological polar surface area (TPSA) is 71.5 Å². The summed E-state index contributed by atoms with van der Waals surface area (Å²) in [6.45, 7) is 0. The van der Waals surface area contributed by atoms with E-state index in [2.05, 4.69) is 10.3 Å². The average Bonchev–Trinajstić information content (AvgIpc) is 2.25. The second-order valence-electron chi connectivity index (χ2n) is 3.12. The molecule has 0 fully saturated rings. The summed E-state index contributed by atoms with van der Waals surface area (Å²) in [5.74, 6) is -0.243. The molecular weight excluding hydrogens is 196 g/mol. The highest BCUT2D eigenvalue weighted by atomic mass is 16.5. The number of hydrogen-bond donors (Lipinski definition) is 2. The molecule has 1 rings (SSSR count). The molecule has 1 atom stereocenters. The first-order valence-electron chi connectivity index (χ1n) is 4.55. The number of rotatable bonds is 5. The number of aliphatic carboxylic acids is 1. The van der Waals surface area contributed by atoms with Crippen LogP contribution in [0.15, 0.2) is 18.5 Å². The predicted octanol–water partition coefficient (Wildman–Crippen LogP) is 0.305. The lowest BCUT2D eigenvalue weighted by Crippen LogP contribution is -2.35. The Hall–Kier alpha value is -1.62. The zero-order chi connectivity index (χ0) is 11.3. The number of carbonyl (C=O) groups is 1. The maximum atomic E-state index is 10.8. The smallest absolute Gasteiger partial charge is 0.321 e. The molecule has 0 aliphatic heterocycles. The van der Waals surface area contributed by atoms with Crippen LogP contribution < -0.4 is 10.1 Å². The zero-order valence-corrected chi connectivity index (χ0v) is 8.73. The van der Waals surface area contributed by atoms with Crippen LogP contribution in [0.5, 0.6) is 5.75 Å². The maximum absolute atomic E-state index is 10.8. The molecule has 0 amide bonds. The van der Waals surface area contributed by atoms with E-state index in [0.717, 1.165) is 5.56 Å². The summed E-state index contributed by atoms with van der Waals surface area (Å²) in [5, 5.41) is 11.6. The van der Waals surface area contributed by atoms with E-state index < -0.39 is 12.0 Å². The van der Waals surface area contributed by atoms with Gasteiger partial charge < -0.3 is 15.2 Å². The Morgan fingerprint density at radius 2 is 2.40 bits per heavy atom. The number of hydrogen-bond acceptors (Lipinski definition) is 4. The van der Waals surface area contributed by atoms with Crippen molar-refractivity contribution in [1.82, 2.24) is 10.3 Å². The van der Waals surface area contributed by atoms with Crippen LogP contribution in [0.1, 0.15) is 5.56 Å². The van der Waals surface area contributed by atoms with Gasteiger partial charge in [-0.25, -0.2) is 0 Å². The van der Waals surface area contributed by atoms with Crippen molar-refractivity contribution < 1.29 is 14.6 Å². The van der Waals surface area contributed by atoms with E-state index in [9.17, 15) is 4.79 Å². The van der Waals surface area contributed by atoms with E-state index in [1.54, 1.807) is 32.6 Å². The van der Waals surface area contributed by atoms with E-state index in [1.807, 2.05) is 0 Å². The van der Waals surface area contributed by atoms with Gasteiger partial charge in [0.1, 0.15) is 11.8 Å². The van der Waals surface area contributed by atoms with Gasteiger partial charge in [0.05, 0.1) is 13.3 Å². The second-order valence-corrected chi connectivity index (χ2v) is 3.12. The minimum atomic E-state index is -0.875. The summed E-state index contributed by atoms with van der Waals surface area (Å²) < 4.78 is 5.00. The van der Waals surface area contributed by atoms with E-state index in [4.69, 9.17) is 9.84 Å². The van der Waals surface area contributed by atoms with Gasteiger partial charge in [-0.05, 0) is 18.7 Å². The fourth-order valence-electron chi connectivity index (χ4n) is 1.24. The number of methoxy groups -OCH3 is 1. The first-order valence-corrected chi connectivity index (χ1v) is 4.55. The number of likely N-dealkylation sites (N-methyl/N-ethyl adjacent to an activating group) is 1. The van der Waals surface area contributed by atoms with Crippen molar-refractivity contribution in [2.75, 3.05) is 14.2 Å². The summed E-state index contributed by atoms with van der Waals surface area (Å²) in [7, 11) is 3.17. The summed E-state index contributed by atoms with van der Waals surface area (Å²) >= 11 is 0. The molecule has 0 bridgehead atoms. The van der Waals surface area contributed by atoms with Crippen molar-refractivity contribution >= 4 is 5.97 Å². The van der Waals surface area contributed by atoms with Crippen LogP contribution in [-0.4, -0.2) is 36.3 Å². The van der Waals surface area contributed by atoms with E-state index in [0.29, 0.717) is 12.2 Å². The van der Waals surface area contributed by atoms with Crippen LogP contribution >= 0.6 is 0 Å². The van der Waals surface area contributed by atoms with Crippen molar-refractivity contribution in [3.8, 4) is 5.75 Å². The first kappa shape index (κ1) is 11.5. The minimum Gasteiger partial charge on any atom is -0.495 e. The van der Waals surface area contributed by atoms with Crippen molar-refractivity contribution in [3.63, 3.8) is 0 Å². The quantitative estimate of drug-likeness (QED) is 0.731.